The summed E-state index contributed by atoms with van der Waals surface area (Å²) in [5.74, 6) is 0.403. The molecule has 2 rings (SSSR count). The molecule has 1 aromatic carbocycles. The lowest BCUT2D eigenvalue weighted by Crippen LogP contribution is -2.12. The quantitative estimate of drug-likeness (QED) is 0.718. The number of hydrogen-bond acceptors (Lipinski definition) is 3. The summed E-state index contributed by atoms with van der Waals surface area (Å²) >= 11 is 0. The maximum atomic E-state index is 11.7. The molecule has 5 heteroatoms. The lowest BCUT2D eigenvalue weighted by Gasteiger charge is -2.03. The molecule has 1 heterocycles. The Labute approximate surface area is 92.7 Å². The van der Waals surface area contributed by atoms with Crippen LogP contribution < -0.4 is 11.1 Å². The molecule has 0 aliphatic rings. The van der Waals surface area contributed by atoms with Crippen LogP contribution in [-0.4, -0.2) is 16.1 Å². The monoisotopic (exact) mass is 216 g/mol. The van der Waals surface area contributed by atoms with E-state index in [1.54, 1.807) is 24.4 Å². The third-order valence-corrected chi connectivity index (χ3v) is 2.20. The fourth-order valence-electron chi connectivity index (χ4n) is 1.31. The Morgan fingerprint density at radius 3 is 2.62 bits per heavy atom. The normalized spacial score (nSPS) is 10.1. The molecule has 0 saturated heterocycles. The number of aromatic nitrogens is 2. The van der Waals surface area contributed by atoms with Crippen molar-refractivity contribution in [2.45, 2.75) is 6.54 Å². The van der Waals surface area contributed by atoms with Gasteiger partial charge >= 0.3 is 0 Å². The van der Waals surface area contributed by atoms with Gasteiger partial charge in [0.05, 0.1) is 6.20 Å². The summed E-state index contributed by atoms with van der Waals surface area (Å²) in [6, 6.07) is 8.84. The molecule has 1 amide bonds. The number of carbonyl (C=O) groups is 1. The van der Waals surface area contributed by atoms with E-state index >= 15 is 0 Å². The average molecular weight is 216 g/mol. The molecule has 0 fully saturated rings. The van der Waals surface area contributed by atoms with Gasteiger partial charge in [0.1, 0.15) is 5.82 Å². The van der Waals surface area contributed by atoms with Crippen molar-refractivity contribution in [1.82, 2.24) is 10.2 Å². The maximum Gasteiger partial charge on any atom is 0.256 e. The SMILES string of the molecule is NCc1ccc(C(=O)Nc2ccn[nH]2)cc1. The highest BCUT2D eigenvalue weighted by Gasteiger charge is 2.05. The Morgan fingerprint density at radius 1 is 1.31 bits per heavy atom. The van der Waals surface area contributed by atoms with Crippen molar-refractivity contribution in [3.63, 3.8) is 0 Å². The fraction of sp³-hybridized carbons (Fsp3) is 0.0909. The van der Waals surface area contributed by atoms with Crippen LogP contribution in [0.5, 0.6) is 0 Å². The average Bonchev–Trinajstić information content (AvgIpc) is 2.82. The second-order valence-corrected chi connectivity index (χ2v) is 3.33. The first-order valence-corrected chi connectivity index (χ1v) is 4.89. The van der Waals surface area contributed by atoms with Crippen LogP contribution in [0, 0.1) is 0 Å². The predicted octanol–water partition coefficient (Wildman–Crippen LogP) is 1.12. The molecule has 4 N–H and O–H groups in total. The van der Waals surface area contributed by atoms with Crippen molar-refractivity contribution in [2.24, 2.45) is 5.73 Å². The van der Waals surface area contributed by atoms with Gasteiger partial charge in [-0.1, -0.05) is 12.1 Å². The topological polar surface area (TPSA) is 83.8 Å². The van der Waals surface area contributed by atoms with E-state index in [1.165, 1.54) is 0 Å². The van der Waals surface area contributed by atoms with E-state index in [1.807, 2.05) is 12.1 Å². The molecule has 0 aliphatic carbocycles. The number of amides is 1. The standard InChI is InChI=1S/C11H12N4O/c12-7-8-1-3-9(4-2-8)11(16)14-10-5-6-13-15-10/h1-6H,7,12H2,(H2,13,14,15,16). The zero-order valence-electron chi connectivity index (χ0n) is 8.60. The van der Waals surface area contributed by atoms with Gasteiger partial charge in [0.25, 0.3) is 5.91 Å². The third kappa shape index (κ3) is 2.26. The zero-order chi connectivity index (χ0) is 11.4. The van der Waals surface area contributed by atoms with Crippen LogP contribution >= 0.6 is 0 Å². The minimum atomic E-state index is -0.173. The summed E-state index contributed by atoms with van der Waals surface area (Å²) in [4.78, 5) is 11.7. The van der Waals surface area contributed by atoms with Crippen molar-refractivity contribution >= 4 is 11.7 Å². The number of rotatable bonds is 3. The van der Waals surface area contributed by atoms with Gasteiger partial charge in [-0.05, 0) is 17.7 Å². The van der Waals surface area contributed by atoms with Crippen molar-refractivity contribution in [1.29, 1.82) is 0 Å². The molecule has 5 nitrogen and oxygen atoms in total. The fourth-order valence-corrected chi connectivity index (χ4v) is 1.31. The highest BCUT2D eigenvalue weighted by atomic mass is 16.1. The van der Waals surface area contributed by atoms with E-state index in [9.17, 15) is 4.79 Å². The minimum absolute atomic E-state index is 0.173. The molecule has 0 saturated carbocycles. The number of nitrogens with two attached hydrogens (primary N) is 1. The molecule has 16 heavy (non-hydrogen) atoms. The largest absolute Gasteiger partial charge is 0.326 e. The van der Waals surface area contributed by atoms with Crippen molar-refractivity contribution < 1.29 is 4.79 Å². The van der Waals surface area contributed by atoms with Gasteiger partial charge in [0.15, 0.2) is 0 Å². The van der Waals surface area contributed by atoms with Crippen LogP contribution in [-0.2, 0) is 6.54 Å². The lowest BCUT2D eigenvalue weighted by molar-refractivity contribution is 0.102. The van der Waals surface area contributed by atoms with Crippen LogP contribution in [0.25, 0.3) is 0 Å². The van der Waals surface area contributed by atoms with Crippen molar-refractivity contribution in [3.05, 3.63) is 47.7 Å². The summed E-state index contributed by atoms with van der Waals surface area (Å²) in [6.07, 6.45) is 1.58. The molecule has 0 aliphatic heterocycles. The number of aromatic amines is 1. The Kier molecular flexibility index (Phi) is 2.98. The van der Waals surface area contributed by atoms with Gasteiger partial charge in [-0.3, -0.25) is 9.89 Å². The van der Waals surface area contributed by atoms with Gasteiger partial charge in [0, 0.05) is 18.2 Å². The van der Waals surface area contributed by atoms with Crippen LogP contribution in [0.15, 0.2) is 36.5 Å². The van der Waals surface area contributed by atoms with Crippen molar-refractivity contribution in [3.8, 4) is 0 Å². The number of nitrogens with one attached hydrogen (secondary N) is 2. The summed E-state index contributed by atoms with van der Waals surface area (Å²) in [5, 5.41) is 9.09. The van der Waals surface area contributed by atoms with Gasteiger partial charge in [0.2, 0.25) is 0 Å². The maximum absolute atomic E-state index is 11.7. The second kappa shape index (κ2) is 4.59. The molecule has 1 aromatic heterocycles. The highest BCUT2D eigenvalue weighted by molar-refractivity contribution is 6.03. The number of H-pyrrole nitrogens is 1. The molecule has 0 atom stereocenters. The van der Waals surface area contributed by atoms with Crippen molar-refractivity contribution in [2.75, 3.05) is 5.32 Å². The van der Waals surface area contributed by atoms with Crippen LogP contribution in [0.2, 0.25) is 0 Å². The molecular formula is C11H12N4O. The van der Waals surface area contributed by atoms with Crippen LogP contribution in [0.4, 0.5) is 5.82 Å². The van der Waals surface area contributed by atoms with Gasteiger partial charge in [-0.25, -0.2) is 0 Å². The van der Waals surface area contributed by atoms with Gasteiger partial charge < -0.3 is 11.1 Å². The molecule has 0 bridgehead atoms. The molecule has 0 unspecified atom stereocenters. The first kappa shape index (κ1) is 10.4. The summed E-state index contributed by atoms with van der Waals surface area (Å²) in [7, 11) is 0. The second-order valence-electron chi connectivity index (χ2n) is 3.33. The third-order valence-electron chi connectivity index (χ3n) is 2.20. The number of anilines is 1. The Morgan fingerprint density at radius 2 is 2.06 bits per heavy atom. The Hall–Kier alpha value is -2.14. The van der Waals surface area contributed by atoms with Gasteiger partial charge in [-0.15, -0.1) is 0 Å². The van der Waals surface area contributed by atoms with E-state index in [0.717, 1.165) is 5.56 Å². The lowest BCUT2D eigenvalue weighted by atomic mass is 10.1. The van der Waals surface area contributed by atoms with Crippen LogP contribution in [0.1, 0.15) is 15.9 Å². The summed E-state index contributed by atoms with van der Waals surface area (Å²) in [6.45, 7) is 0.475. The first-order chi connectivity index (χ1) is 7.79. The Balaban J connectivity index is 2.09. The summed E-state index contributed by atoms with van der Waals surface area (Å²) < 4.78 is 0. The van der Waals surface area contributed by atoms with Crippen LogP contribution in [0.3, 0.4) is 0 Å². The summed E-state index contributed by atoms with van der Waals surface area (Å²) in [5.41, 5.74) is 7.06. The molecule has 2 aromatic rings. The van der Waals surface area contributed by atoms with E-state index in [-0.39, 0.29) is 5.91 Å². The minimum Gasteiger partial charge on any atom is -0.326 e. The molecule has 82 valence electrons. The molecule has 0 radical (unpaired) electrons. The first-order valence-electron chi connectivity index (χ1n) is 4.89. The smallest absolute Gasteiger partial charge is 0.256 e. The van der Waals surface area contributed by atoms with E-state index in [0.29, 0.717) is 17.9 Å². The van der Waals surface area contributed by atoms with E-state index < -0.39 is 0 Å². The Bertz CT molecular complexity index is 461. The molecular weight excluding hydrogens is 204 g/mol. The van der Waals surface area contributed by atoms with Gasteiger partial charge in [-0.2, -0.15) is 5.10 Å². The zero-order valence-corrected chi connectivity index (χ0v) is 8.60. The number of carbonyl (C=O) groups excluding carboxylic acids is 1. The highest BCUT2D eigenvalue weighted by Crippen LogP contribution is 2.07. The molecule has 0 spiro atoms. The number of hydrogen-bond donors (Lipinski definition) is 3. The predicted molar refractivity (Wildman–Crippen MR) is 60.9 cm³/mol. The van der Waals surface area contributed by atoms with E-state index in [4.69, 9.17) is 5.73 Å². The number of benzene rings is 1. The number of nitrogens with zero attached hydrogens (tertiary/aromatic N) is 1. The van der Waals surface area contributed by atoms with E-state index in [2.05, 4.69) is 15.5 Å².